The lowest BCUT2D eigenvalue weighted by atomic mass is 10.2. The molecule has 17 heavy (non-hydrogen) atoms. The van der Waals surface area contributed by atoms with E-state index in [4.69, 9.17) is 15.6 Å². The van der Waals surface area contributed by atoms with Gasteiger partial charge in [-0.15, -0.1) is 0 Å². The first-order valence-electron chi connectivity index (χ1n) is 5.27. The Morgan fingerprint density at radius 2 is 1.94 bits per heavy atom. The van der Waals surface area contributed by atoms with Crippen molar-refractivity contribution in [2.45, 2.75) is 18.9 Å². The summed E-state index contributed by atoms with van der Waals surface area (Å²) < 4.78 is 4.88. The van der Waals surface area contributed by atoms with Gasteiger partial charge < -0.3 is 15.6 Å². The van der Waals surface area contributed by atoms with Crippen molar-refractivity contribution in [1.29, 1.82) is 0 Å². The summed E-state index contributed by atoms with van der Waals surface area (Å²) in [5.41, 5.74) is 6.26. The summed E-state index contributed by atoms with van der Waals surface area (Å²) in [5.74, 6) is -1.79. The third-order valence-corrected chi connectivity index (χ3v) is 2.20. The lowest BCUT2D eigenvalue weighted by Crippen LogP contribution is -2.33. The maximum absolute atomic E-state index is 11.2. The van der Waals surface area contributed by atoms with Gasteiger partial charge in [-0.2, -0.15) is 0 Å². The van der Waals surface area contributed by atoms with E-state index in [1.165, 1.54) is 0 Å². The average molecular weight is 237 g/mol. The lowest BCUT2D eigenvalue weighted by Gasteiger charge is -2.07. The van der Waals surface area contributed by atoms with Gasteiger partial charge in [-0.05, 0) is 5.56 Å². The van der Waals surface area contributed by atoms with Gasteiger partial charge in [0.1, 0.15) is 6.04 Å². The van der Waals surface area contributed by atoms with E-state index in [9.17, 15) is 9.59 Å². The highest BCUT2D eigenvalue weighted by atomic mass is 16.5. The van der Waals surface area contributed by atoms with Gasteiger partial charge in [-0.1, -0.05) is 30.3 Å². The van der Waals surface area contributed by atoms with E-state index in [0.29, 0.717) is 6.42 Å². The van der Waals surface area contributed by atoms with Crippen molar-refractivity contribution in [3.8, 4) is 0 Å². The molecule has 0 heterocycles. The van der Waals surface area contributed by atoms with Crippen LogP contribution in [0.1, 0.15) is 12.0 Å². The molecule has 1 unspecified atom stereocenters. The van der Waals surface area contributed by atoms with Crippen LogP contribution in [0.2, 0.25) is 0 Å². The first-order valence-corrected chi connectivity index (χ1v) is 5.27. The standard InChI is InChI=1S/C12H15NO4/c13-10(12(15)16)8-11(14)17-7-6-9-4-2-1-3-5-9/h1-5,10H,6-8,13H2,(H,15,16). The van der Waals surface area contributed by atoms with Crippen LogP contribution in [0.15, 0.2) is 30.3 Å². The zero-order chi connectivity index (χ0) is 12.7. The van der Waals surface area contributed by atoms with Gasteiger partial charge in [-0.3, -0.25) is 9.59 Å². The van der Waals surface area contributed by atoms with E-state index in [-0.39, 0.29) is 13.0 Å². The summed E-state index contributed by atoms with van der Waals surface area (Å²) in [5, 5.41) is 8.50. The molecular formula is C12H15NO4. The number of carboxylic acids is 1. The monoisotopic (exact) mass is 237 g/mol. The van der Waals surface area contributed by atoms with Crippen molar-refractivity contribution in [2.24, 2.45) is 5.73 Å². The largest absolute Gasteiger partial charge is 0.480 e. The summed E-state index contributed by atoms with van der Waals surface area (Å²) in [4.78, 5) is 21.6. The number of hydrogen-bond donors (Lipinski definition) is 2. The molecule has 0 saturated heterocycles. The molecule has 0 aromatic heterocycles. The van der Waals surface area contributed by atoms with E-state index in [0.717, 1.165) is 5.56 Å². The minimum absolute atomic E-state index is 0.231. The molecule has 3 N–H and O–H groups in total. The Morgan fingerprint density at radius 1 is 1.29 bits per heavy atom. The molecule has 0 bridgehead atoms. The molecule has 1 aromatic carbocycles. The lowest BCUT2D eigenvalue weighted by molar-refractivity contribution is -0.148. The summed E-state index contributed by atoms with van der Waals surface area (Å²) in [6, 6.07) is 8.36. The summed E-state index contributed by atoms with van der Waals surface area (Å²) in [6.45, 7) is 0.231. The topological polar surface area (TPSA) is 89.6 Å². The van der Waals surface area contributed by atoms with Crippen LogP contribution >= 0.6 is 0 Å². The molecule has 0 aliphatic rings. The molecule has 1 atom stereocenters. The number of hydrogen-bond acceptors (Lipinski definition) is 4. The zero-order valence-corrected chi connectivity index (χ0v) is 9.33. The SMILES string of the molecule is NC(CC(=O)OCCc1ccccc1)C(=O)O. The van der Waals surface area contributed by atoms with Crippen molar-refractivity contribution < 1.29 is 19.4 Å². The fourth-order valence-electron chi connectivity index (χ4n) is 1.25. The quantitative estimate of drug-likeness (QED) is 0.706. The molecular weight excluding hydrogens is 222 g/mol. The Morgan fingerprint density at radius 3 is 2.53 bits per heavy atom. The van der Waals surface area contributed by atoms with Gasteiger partial charge in [0.05, 0.1) is 13.0 Å². The van der Waals surface area contributed by atoms with Crippen LogP contribution in [0.4, 0.5) is 0 Å². The van der Waals surface area contributed by atoms with Crippen LogP contribution in [0.3, 0.4) is 0 Å². The minimum Gasteiger partial charge on any atom is -0.480 e. The molecule has 1 rings (SSSR count). The van der Waals surface area contributed by atoms with Gasteiger partial charge in [0, 0.05) is 6.42 Å². The Hall–Kier alpha value is -1.88. The summed E-state index contributed by atoms with van der Waals surface area (Å²) in [7, 11) is 0. The van der Waals surface area contributed by atoms with E-state index in [2.05, 4.69) is 0 Å². The van der Waals surface area contributed by atoms with Crippen molar-refractivity contribution in [2.75, 3.05) is 6.61 Å². The van der Waals surface area contributed by atoms with Crippen LogP contribution in [-0.4, -0.2) is 29.7 Å². The molecule has 0 aliphatic heterocycles. The molecule has 0 radical (unpaired) electrons. The van der Waals surface area contributed by atoms with Crippen molar-refractivity contribution in [3.05, 3.63) is 35.9 Å². The highest BCUT2D eigenvalue weighted by Gasteiger charge is 2.16. The number of rotatable bonds is 6. The molecule has 0 spiro atoms. The highest BCUT2D eigenvalue weighted by molar-refractivity contribution is 5.81. The van der Waals surface area contributed by atoms with Gasteiger partial charge >= 0.3 is 11.9 Å². The van der Waals surface area contributed by atoms with Crippen LogP contribution in [-0.2, 0) is 20.7 Å². The molecule has 0 saturated carbocycles. The highest BCUT2D eigenvalue weighted by Crippen LogP contribution is 2.00. The molecule has 92 valence electrons. The number of esters is 1. The van der Waals surface area contributed by atoms with Crippen LogP contribution in [0.25, 0.3) is 0 Å². The van der Waals surface area contributed by atoms with Gasteiger partial charge in [0.2, 0.25) is 0 Å². The molecule has 5 heteroatoms. The van der Waals surface area contributed by atoms with Crippen molar-refractivity contribution >= 4 is 11.9 Å². The number of carbonyl (C=O) groups is 2. The first-order chi connectivity index (χ1) is 8.09. The number of carbonyl (C=O) groups excluding carboxylic acids is 1. The van der Waals surface area contributed by atoms with Crippen molar-refractivity contribution in [3.63, 3.8) is 0 Å². The maximum Gasteiger partial charge on any atom is 0.321 e. The van der Waals surface area contributed by atoms with Gasteiger partial charge in [-0.25, -0.2) is 0 Å². The van der Waals surface area contributed by atoms with E-state index >= 15 is 0 Å². The molecule has 0 fully saturated rings. The van der Waals surface area contributed by atoms with E-state index in [1.807, 2.05) is 30.3 Å². The van der Waals surface area contributed by atoms with Gasteiger partial charge in [0.15, 0.2) is 0 Å². The summed E-state index contributed by atoms with van der Waals surface area (Å²) >= 11 is 0. The third kappa shape index (κ3) is 5.12. The second-order valence-electron chi connectivity index (χ2n) is 3.60. The zero-order valence-electron chi connectivity index (χ0n) is 9.33. The fourth-order valence-corrected chi connectivity index (χ4v) is 1.25. The predicted octanol–water partition coefficient (Wildman–Crippen LogP) is 0.574. The van der Waals surface area contributed by atoms with Crippen LogP contribution in [0, 0.1) is 0 Å². The number of aliphatic carboxylic acids is 1. The number of nitrogens with two attached hydrogens (primary N) is 1. The second-order valence-corrected chi connectivity index (χ2v) is 3.60. The van der Waals surface area contributed by atoms with Crippen LogP contribution < -0.4 is 5.73 Å². The third-order valence-electron chi connectivity index (χ3n) is 2.20. The van der Waals surface area contributed by atoms with Gasteiger partial charge in [0.25, 0.3) is 0 Å². The predicted molar refractivity (Wildman–Crippen MR) is 61.3 cm³/mol. The second kappa shape index (κ2) is 6.65. The normalized spacial score (nSPS) is 11.8. The minimum atomic E-state index is -1.20. The molecule has 1 aromatic rings. The van der Waals surface area contributed by atoms with Crippen molar-refractivity contribution in [1.82, 2.24) is 0 Å². The van der Waals surface area contributed by atoms with E-state index < -0.39 is 18.0 Å². The summed E-state index contributed by atoms with van der Waals surface area (Å²) in [6.07, 6.45) is 0.305. The Kier molecular flexibility index (Phi) is 5.16. The average Bonchev–Trinajstić information content (AvgIpc) is 2.30. The number of ether oxygens (including phenoxy) is 1. The fraction of sp³-hybridized carbons (Fsp3) is 0.333. The molecule has 0 amide bonds. The Labute approximate surface area is 99.2 Å². The number of carboxylic acid groups (broad SMARTS) is 1. The number of benzene rings is 1. The molecule has 0 aliphatic carbocycles. The maximum atomic E-state index is 11.2. The molecule has 5 nitrogen and oxygen atoms in total. The first kappa shape index (κ1) is 13.2. The van der Waals surface area contributed by atoms with Crippen LogP contribution in [0.5, 0.6) is 0 Å². The smallest absolute Gasteiger partial charge is 0.321 e. The Bertz CT molecular complexity index is 377. The van der Waals surface area contributed by atoms with E-state index in [1.54, 1.807) is 0 Å². The Balaban J connectivity index is 2.23.